The van der Waals surface area contributed by atoms with E-state index >= 15 is 0 Å². The lowest BCUT2D eigenvalue weighted by Gasteiger charge is -2.05. The van der Waals surface area contributed by atoms with E-state index < -0.39 is 0 Å². The highest BCUT2D eigenvalue weighted by molar-refractivity contribution is 7.11. The van der Waals surface area contributed by atoms with E-state index in [1.165, 1.54) is 4.88 Å². The predicted octanol–water partition coefficient (Wildman–Crippen LogP) is 3.03. The summed E-state index contributed by atoms with van der Waals surface area (Å²) in [7, 11) is 0. The van der Waals surface area contributed by atoms with E-state index in [9.17, 15) is 4.79 Å². The van der Waals surface area contributed by atoms with E-state index in [1.54, 1.807) is 11.3 Å². The van der Waals surface area contributed by atoms with Crippen LogP contribution in [0.2, 0.25) is 0 Å². The van der Waals surface area contributed by atoms with Gasteiger partial charge in [-0.05, 0) is 36.4 Å². The van der Waals surface area contributed by atoms with Crippen LogP contribution in [0.3, 0.4) is 0 Å². The Morgan fingerprint density at radius 1 is 1.50 bits per heavy atom. The summed E-state index contributed by atoms with van der Waals surface area (Å²) in [4.78, 5) is 11.7. The summed E-state index contributed by atoms with van der Waals surface area (Å²) in [5.41, 5.74) is 8.28. The summed E-state index contributed by atoms with van der Waals surface area (Å²) in [5, 5.41) is 4.64. The summed E-state index contributed by atoms with van der Waals surface area (Å²) in [5.74, 6) is 0. The molecular formula is C14H18N2OS. The number of hydrogen-bond acceptors (Lipinski definition) is 3. The van der Waals surface area contributed by atoms with Crippen molar-refractivity contribution >= 4 is 23.3 Å². The molecule has 0 aliphatic carbocycles. The van der Waals surface area contributed by atoms with Gasteiger partial charge in [0.05, 0.1) is 11.4 Å². The van der Waals surface area contributed by atoms with Gasteiger partial charge in [-0.1, -0.05) is 25.1 Å². The molecule has 1 aromatic heterocycles. The normalized spacial score (nSPS) is 13.6. The van der Waals surface area contributed by atoms with Gasteiger partial charge in [0, 0.05) is 4.88 Å². The van der Waals surface area contributed by atoms with Gasteiger partial charge in [-0.15, -0.1) is 11.3 Å². The third-order valence-electron chi connectivity index (χ3n) is 2.36. The van der Waals surface area contributed by atoms with E-state index in [-0.39, 0.29) is 0 Å². The Morgan fingerprint density at radius 3 is 2.83 bits per heavy atom. The molecule has 18 heavy (non-hydrogen) atoms. The SMILES string of the molecule is CC/C=C(NC=O)/C(N)=C\C=C(/C)c1cccs1. The molecule has 0 aromatic carbocycles. The minimum Gasteiger partial charge on any atom is -0.397 e. The first-order valence-electron chi connectivity index (χ1n) is 5.77. The second-order valence-electron chi connectivity index (χ2n) is 3.74. The molecule has 1 aromatic rings. The molecule has 0 saturated carbocycles. The first kappa shape index (κ1) is 14.3. The summed E-state index contributed by atoms with van der Waals surface area (Å²) in [6.07, 6.45) is 7.11. The Balaban J connectivity index is 2.85. The van der Waals surface area contributed by atoms with Crippen LogP contribution < -0.4 is 11.1 Å². The fourth-order valence-electron chi connectivity index (χ4n) is 1.42. The Morgan fingerprint density at radius 2 is 2.28 bits per heavy atom. The lowest BCUT2D eigenvalue weighted by molar-refractivity contribution is -0.108. The van der Waals surface area contributed by atoms with Gasteiger partial charge in [-0.3, -0.25) is 4.79 Å². The van der Waals surface area contributed by atoms with Gasteiger partial charge in [-0.25, -0.2) is 0 Å². The largest absolute Gasteiger partial charge is 0.397 e. The van der Waals surface area contributed by atoms with Gasteiger partial charge in [0.25, 0.3) is 0 Å². The third-order valence-corrected chi connectivity index (χ3v) is 3.36. The maximum absolute atomic E-state index is 10.5. The molecule has 0 fully saturated rings. The Labute approximate surface area is 112 Å². The van der Waals surface area contributed by atoms with Crippen molar-refractivity contribution in [3.8, 4) is 0 Å². The van der Waals surface area contributed by atoms with Crippen LogP contribution in [0.4, 0.5) is 0 Å². The first-order chi connectivity index (χ1) is 8.69. The number of thiophene rings is 1. The van der Waals surface area contributed by atoms with E-state index in [1.807, 2.05) is 43.5 Å². The molecule has 3 nitrogen and oxygen atoms in total. The standard InChI is InChI=1S/C14H18N2OS/c1-3-5-13(16-10-17)12(15)8-7-11(2)14-6-4-9-18-14/h4-10H,3,15H2,1-2H3,(H,16,17)/b11-7+,12-8+,13-5-. The zero-order valence-electron chi connectivity index (χ0n) is 10.6. The number of carbonyl (C=O) groups excluding carboxylic acids is 1. The van der Waals surface area contributed by atoms with Gasteiger partial charge >= 0.3 is 0 Å². The van der Waals surface area contributed by atoms with Gasteiger partial charge < -0.3 is 11.1 Å². The molecule has 0 radical (unpaired) electrons. The van der Waals surface area contributed by atoms with Crippen LogP contribution in [0, 0.1) is 0 Å². The minimum absolute atomic E-state index is 0.555. The molecule has 4 heteroatoms. The van der Waals surface area contributed by atoms with Crippen molar-refractivity contribution in [2.75, 3.05) is 0 Å². The molecule has 1 rings (SSSR count). The fourth-order valence-corrected chi connectivity index (χ4v) is 2.13. The number of nitrogens with one attached hydrogen (secondary N) is 1. The molecule has 1 heterocycles. The van der Waals surface area contributed by atoms with E-state index in [4.69, 9.17) is 5.73 Å². The highest BCUT2D eigenvalue weighted by Crippen LogP contribution is 2.19. The smallest absolute Gasteiger partial charge is 0.211 e. The molecular weight excluding hydrogens is 244 g/mol. The molecule has 3 N–H and O–H groups in total. The molecule has 0 saturated heterocycles. The van der Waals surface area contributed by atoms with Crippen molar-refractivity contribution in [2.45, 2.75) is 20.3 Å². The van der Waals surface area contributed by atoms with Crippen LogP contribution in [0.25, 0.3) is 5.57 Å². The number of amides is 1. The van der Waals surface area contributed by atoms with Crippen LogP contribution in [0.1, 0.15) is 25.1 Å². The van der Waals surface area contributed by atoms with Crippen molar-refractivity contribution in [3.05, 3.63) is 52.0 Å². The molecule has 0 bridgehead atoms. The van der Waals surface area contributed by atoms with Gasteiger partial charge in [-0.2, -0.15) is 0 Å². The van der Waals surface area contributed by atoms with Gasteiger partial charge in [0.15, 0.2) is 0 Å². The predicted molar refractivity (Wildman–Crippen MR) is 77.8 cm³/mol. The van der Waals surface area contributed by atoms with Crippen LogP contribution in [-0.2, 0) is 4.79 Å². The molecule has 1 amide bonds. The molecule has 96 valence electrons. The molecule has 0 aliphatic heterocycles. The van der Waals surface area contributed by atoms with Gasteiger partial charge in [0.2, 0.25) is 6.41 Å². The zero-order valence-corrected chi connectivity index (χ0v) is 11.5. The van der Waals surface area contributed by atoms with E-state index in [0.717, 1.165) is 12.0 Å². The van der Waals surface area contributed by atoms with Crippen molar-refractivity contribution in [2.24, 2.45) is 5.73 Å². The lowest BCUT2D eigenvalue weighted by atomic mass is 10.2. The number of nitrogens with two attached hydrogens (primary N) is 1. The highest BCUT2D eigenvalue weighted by atomic mass is 32.1. The van der Waals surface area contributed by atoms with Crippen LogP contribution >= 0.6 is 11.3 Å². The maximum Gasteiger partial charge on any atom is 0.211 e. The summed E-state index contributed by atoms with van der Waals surface area (Å²) in [6.45, 7) is 4.03. The monoisotopic (exact) mass is 262 g/mol. The maximum atomic E-state index is 10.5. The van der Waals surface area contributed by atoms with Gasteiger partial charge in [0.1, 0.15) is 0 Å². The zero-order chi connectivity index (χ0) is 13.4. The van der Waals surface area contributed by atoms with Crippen molar-refractivity contribution < 1.29 is 4.79 Å². The summed E-state index contributed by atoms with van der Waals surface area (Å²) >= 11 is 1.69. The summed E-state index contributed by atoms with van der Waals surface area (Å²) in [6, 6.07) is 4.08. The quantitative estimate of drug-likeness (QED) is 0.611. The number of rotatable bonds is 6. The lowest BCUT2D eigenvalue weighted by Crippen LogP contribution is -2.16. The molecule has 0 atom stereocenters. The molecule has 0 spiro atoms. The topological polar surface area (TPSA) is 55.1 Å². The number of allylic oxidation sites excluding steroid dienone is 4. The van der Waals surface area contributed by atoms with E-state index in [2.05, 4.69) is 11.4 Å². The van der Waals surface area contributed by atoms with Crippen molar-refractivity contribution in [1.82, 2.24) is 5.32 Å². The number of hydrogen-bond donors (Lipinski definition) is 2. The van der Waals surface area contributed by atoms with Crippen molar-refractivity contribution in [1.29, 1.82) is 0 Å². The Bertz CT molecular complexity index is 470. The second kappa shape index (κ2) is 7.50. The fraction of sp³-hybridized carbons (Fsp3) is 0.214. The van der Waals surface area contributed by atoms with Crippen molar-refractivity contribution in [3.63, 3.8) is 0 Å². The van der Waals surface area contributed by atoms with Crippen LogP contribution in [0.15, 0.2) is 47.1 Å². The Hall–Kier alpha value is -1.81. The highest BCUT2D eigenvalue weighted by Gasteiger charge is 1.99. The third kappa shape index (κ3) is 4.22. The average molecular weight is 262 g/mol. The van der Waals surface area contributed by atoms with Crippen LogP contribution in [-0.4, -0.2) is 6.41 Å². The number of carbonyl (C=O) groups is 1. The molecule has 0 aliphatic rings. The molecule has 0 unspecified atom stereocenters. The second-order valence-corrected chi connectivity index (χ2v) is 4.68. The Kier molecular flexibility index (Phi) is 5.94. The van der Waals surface area contributed by atoms with Crippen LogP contribution in [0.5, 0.6) is 0 Å². The van der Waals surface area contributed by atoms with E-state index in [0.29, 0.717) is 17.8 Å². The minimum atomic E-state index is 0.555. The average Bonchev–Trinajstić information content (AvgIpc) is 2.89. The first-order valence-corrected chi connectivity index (χ1v) is 6.65. The summed E-state index contributed by atoms with van der Waals surface area (Å²) < 4.78 is 0.